The van der Waals surface area contributed by atoms with Crippen molar-refractivity contribution in [1.29, 1.82) is 0 Å². The van der Waals surface area contributed by atoms with Crippen molar-refractivity contribution in [2.45, 2.75) is 0 Å². The van der Waals surface area contributed by atoms with Crippen molar-refractivity contribution in [1.82, 2.24) is 10.2 Å². The molecule has 5 heteroatoms. The number of H-pyrrole nitrogens is 1. The molecular weight excluding hydrogens is 162 g/mol. The smallest absolute Gasteiger partial charge is 0.277 e. The normalized spacial score (nSPS) is 17.1. The Labute approximate surface area is 67.1 Å². The Morgan fingerprint density at radius 3 is 3.09 bits per heavy atom. The minimum absolute atomic E-state index is 0.116. The van der Waals surface area contributed by atoms with Gasteiger partial charge in [-0.05, 0) is 6.07 Å². The molecule has 2 rings (SSSR count). The van der Waals surface area contributed by atoms with Crippen molar-refractivity contribution < 1.29 is 4.79 Å². The number of carbonyl (C=O) groups is 1. The molecule has 0 aliphatic carbocycles. The first-order chi connectivity index (χ1) is 5.36. The fraction of sp³-hybridized carbons (Fsp3) is 0.167. The monoisotopic (exact) mass is 167 g/mol. The number of aromatic amines is 1. The van der Waals surface area contributed by atoms with E-state index < -0.39 is 0 Å². The van der Waals surface area contributed by atoms with Crippen molar-refractivity contribution in [3.8, 4) is 0 Å². The highest BCUT2D eigenvalue weighted by molar-refractivity contribution is 8.14. The summed E-state index contributed by atoms with van der Waals surface area (Å²) in [6.07, 6.45) is 1.64. The zero-order valence-corrected chi connectivity index (χ0v) is 6.39. The first kappa shape index (κ1) is 6.60. The van der Waals surface area contributed by atoms with Gasteiger partial charge in [0.15, 0.2) is 0 Å². The first-order valence-corrected chi connectivity index (χ1v) is 4.09. The van der Waals surface area contributed by atoms with Crippen LogP contribution < -0.4 is 0 Å². The Bertz CT molecular complexity index is 304. The van der Waals surface area contributed by atoms with E-state index in [0.717, 1.165) is 11.4 Å². The molecule has 0 unspecified atom stereocenters. The van der Waals surface area contributed by atoms with Crippen LogP contribution in [0.5, 0.6) is 0 Å². The number of aliphatic imine (C=N–C) groups is 1. The van der Waals surface area contributed by atoms with E-state index in [1.807, 2.05) is 0 Å². The summed E-state index contributed by atoms with van der Waals surface area (Å²) in [5.74, 6) is 0.654. The van der Waals surface area contributed by atoms with Crippen LogP contribution in [0, 0.1) is 0 Å². The molecule has 1 N–H and O–H groups in total. The molecule has 0 saturated heterocycles. The number of thioether (sulfide) groups is 1. The van der Waals surface area contributed by atoms with Crippen molar-refractivity contribution in [3.63, 3.8) is 0 Å². The summed E-state index contributed by atoms with van der Waals surface area (Å²) in [6.45, 7) is 0. The van der Waals surface area contributed by atoms with Gasteiger partial charge in [-0.1, -0.05) is 11.8 Å². The highest BCUT2D eigenvalue weighted by Crippen LogP contribution is 2.16. The summed E-state index contributed by atoms with van der Waals surface area (Å²) in [6, 6.07) is 1.80. The fourth-order valence-corrected chi connectivity index (χ4v) is 1.51. The quantitative estimate of drug-likeness (QED) is 0.680. The van der Waals surface area contributed by atoms with Gasteiger partial charge in [0, 0.05) is 11.9 Å². The second-order valence-corrected chi connectivity index (χ2v) is 3.01. The van der Waals surface area contributed by atoms with E-state index in [1.165, 1.54) is 11.8 Å². The molecule has 2 heterocycles. The van der Waals surface area contributed by atoms with Crippen LogP contribution in [0.2, 0.25) is 0 Å². The lowest BCUT2D eigenvalue weighted by Gasteiger charge is -1.89. The maximum Gasteiger partial charge on any atom is 0.305 e. The Morgan fingerprint density at radius 2 is 2.55 bits per heavy atom. The Kier molecular flexibility index (Phi) is 1.50. The lowest BCUT2D eigenvalue weighted by Crippen LogP contribution is -1.99. The number of nitrogens with one attached hydrogen (secondary N) is 1. The van der Waals surface area contributed by atoms with Crippen molar-refractivity contribution >= 4 is 22.7 Å². The summed E-state index contributed by atoms with van der Waals surface area (Å²) >= 11 is 1.21. The van der Waals surface area contributed by atoms with E-state index in [9.17, 15) is 4.79 Å². The molecule has 0 fully saturated rings. The molecule has 0 aromatic carbocycles. The van der Waals surface area contributed by atoms with Crippen LogP contribution >= 0.6 is 11.8 Å². The zero-order chi connectivity index (χ0) is 7.68. The highest BCUT2D eigenvalue weighted by atomic mass is 32.2. The Balaban J connectivity index is 2.31. The molecule has 1 aliphatic heterocycles. The predicted molar refractivity (Wildman–Crippen MR) is 43.0 cm³/mol. The van der Waals surface area contributed by atoms with Crippen LogP contribution in [-0.4, -0.2) is 26.9 Å². The van der Waals surface area contributed by atoms with Gasteiger partial charge in [-0.3, -0.25) is 9.89 Å². The van der Waals surface area contributed by atoms with Crippen molar-refractivity contribution in [2.24, 2.45) is 4.99 Å². The van der Waals surface area contributed by atoms with Crippen molar-refractivity contribution in [3.05, 3.63) is 18.0 Å². The molecule has 0 radical (unpaired) electrons. The highest BCUT2D eigenvalue weighted by Gasteiger charge is 2.16. The molecule has 0 spiro atoms. The Morgan fingerprint density at radius 1 is 1.64 bits per heavy atom. The van der Waals surface area contributed by atoms with Crippen LogP contribution in [0.25, 0.3) is 0 Å². The lowest BCUT2D eigenvalue weighted by atomic mass is 10.3. The molecule has 1 aliphatic rings. The third-order valence-corrected chi connectivity index (χ3v) is 2.13. The van der Waals surface area contributed by atoms with Gasteiger partial charge < -0.3 is 0 Å². The maximum absolute atomic E-state index is 10.7. The van der Waals surface area contributed by atoms with E-state index in [2.05, 4.69) is 15.2 Å². The van der Waals surface area contributed by atoms with Gasteiger partial charge in [-0.15, -0.1) is 0 Å². The second-order valence-electron chi connectivity index (χ2n) is 2.08. The third kappa shape index (κ3) is 1.19. The number of rotatable bonds is 1. The molecule has 1 amide bonds. The van der Waals surface area contributed by atoms with Crippen LogP contribution in [0.15, 0.2) is 17.3 Å². The van der Waals surface area contributed by atoms with Crippen LogP contribution in [0.3, 0.4) is 0 Å². The zero-order valence-electron chi connectivity index (χ0n) is 5.57. The number of aromatic nitrogens is 2. The average Bonchev–Trinajstić information content (AvgIpc) is 2.55. The van der Waals surface area contributed by atoms with Crippen LogP contribution in [-0.2, 0) is 0 Å². The molecule has 4 nitrogen and oxygen atoms in total. The van der Waals surface area contributed by atoms with E-state index in [0.29, 0.717) is 5.75 Å². The number of amides is 1. The molecule has 11 heavy (non-hydrogen) atoms. The minimum atomic E-state index is -0.116. The van der Waals surface area contributed by atoms with E-state index in [4.69, 9.17) is 0 Å². The van der Waals surface area contributed by atoms with Gasteiger partial charge in [0.2, 0.25) is 0 Å². The predicted octanol–water partition coefficient (Wildman–Crippen LogP) is 1.07. The van der Waals surface area contributed by atoms with E-state index in [1.54, 1.807) is 12.3 Å². The maximum atomic E-state index is 10.7. The lowest BCUT2D eigenvalue weighted by molar-refractivity contribution is 0.268. The summed E-state index contributed by atoms with van der Waals surface area (Å²) < 4.78 is 0. The van der Waals surface area contributed by atoms with Gasteiger partial charge in [0.05, 0.1) is 11.4 Å². The molecule has 1 aromatic rings. The van der Waals surface area contributed by atoms with Gasteiger partial charge in [0.1, 0.15) is 0 Å². The molecule has 0 atom stereocenters. The van der Waals surface area contributed by atoms with E-state index >= 15 is 0 Å². The van der Waals surface area contributed by atoms with Crippen LogP contribution in [0.4, 0.5) is 4.79 Å². The van der Waals surface area contributed by atoms with Crippen LogP contribution in [0.1, 0.15) is 5.69 Å². The number of carbonyl (C=O) groups excluding carboxylic acids is 1. The fourth-order valence-electron chi connectivity index (χ4n) is 0.859. The molecule has 56 valence electrons. The van der Waals surface area contributed by atoms with Crippen molar-refractivity contribution in [2.75, 3.05) is 5.75 Å². The summed E-state index contributed by atoms with van der Waals surface area (Å²) in [5, 5.41) is 6.40. The molecule has 0 bridgehead atoms. The van der Waals surface area contributed by atoms with Gasteiger partial charge in [-0.2, -0.15) is 5.10 Å². The van der Waals surface area contributed by atoms with Gasteiger partial charge >= 0.3 is 5.24 Å². The number of hydrogen-bond donors (Lipinski definition) is 1. The topological polar surface area (TPSA) is 58.1 Å². The van der Waals surface area contributed by atoms with Gasteiger partial charge in [0.25, 0.3) is 0 Å². The summed E-state index contributed by atoms with van der Waals surface area (Å²) in [7, 11) is 0. The summed E-state index contributed by atoms with van der Waals surface area (Å²) in [4.78, 5) is 14.5. The minimum Gasteiger partial charge on any atom is -0.277 e. The third-order valence-electron chi connectivity index (χ3n) is 1.37. The largest absolute Gasteiger partial charge is 0.305 e. The SMILES string of the molecule is O=C1N=C(c2ccn[nH]2)CS1. The molecular formula is C6H5N3OS. The number of hydrogen-bond acceptors (Lipinski definition) is 3. The molecule has 0 saturated carbocycles. The van der Waals surface area contributed by atoms with E-state index in [-0.39, 0.29) is 5.24 Å². The Hall–Kier alpha value is -1.10. The second kappa shape index (κ2) is 2.50. The molecule has 1 aromatic heterocycles. The standard InChI is InChI=1S/C6H5N3OS/c10-6-8-5(3-11-6)4-1-2-7-9-4/h1-2H,3H2,(H,7,9). The number of nitrogens with zero attached hydrogens (tertiary/aromatic N) is 2. The average molecular weight is 167 g/mol. The summed E-state index contributed by atoms with van der Waals surface area (Å²) in [5.41, 5.74) is 1.63. The first-order valence-electron chi connectivity index (χ1n) is 3.10. The van der Waals surface area contributed by atoms with Gasteiger partial charge in [-0.25, -0.2) is 4.99 Å².